The Bertz CT molecular complexity index is 3960. The normalized spacial score (nSPS) is 24.1. The molecule has 12 rings (SSSR count). The van der Waals surface area contributed by atoms with Gasteiger partial charge in [0, 0.05) is 99.5 Å². The first-order chi connectivity index (χ1) is 43.9. The van der Waals surface area contributed by atoms with Crippen LogP contribution in [0.4, 0.5) is 15.6 Å². The molecule has 25 nitrogen and oxygen atoms in total. The number of nitrogens with zero attached hydrogens (tertiary/aromatic N) is 4. The van der Waals surface area contributed by atoms with Gasteiger partial charge >= 0.3 is 18.0 Å². The molecule has 1 saturated heterocycles. The van der Waals surface area contributed by atoms with E-state index in [0.29, 0.717) is 51.0 Å². The van der Waals surface area contributed by atoms with Crippen molar-refractivity contribution in [2.75, 3.05) is 50.5 Å². The molecule has 92 heavy (non-hydrogen) atoms. The Morgan fingerprint density at radius 3 is 2.35 bits per heavy atom. The molecule has 2 aliphatic heterocycles. The van der Waals surface area contributed by atoms with Gasteiger partial charge in [0.05, 0.1) is 56.7 Å². The fourth-order valence-corrected chi connectivity index (χ4v) is 15.7. The number of nitrogens with one attached hydrogen (secondary N) is 6. The smallest absolute Gasteiger partial charge is 0.409 e. The summed E-state index contributed by atoms with van der Waals surface area (Å²) in [6.07, 6.45) is 3.91. The summed E-state index contributed by atoms with van der Waals surface area (Å²) in [6.45, 7) is 6.98. The van der Waals surface area contributed by atoms with E-state index in [0.717, 1.165) is 77.4 Å². The first-order valence-corrected chi connectivity index (χ1v) is 31.2. The summed E-state index contributed by atoms with van der Waals surface area (Å²) in [6, 6.07) is 22.7. The number of H-pyrrole nitrogens is 1. The van der Waals surface area contributed by atoms with Crippen LogP contribution in [0.2, 0.25) is 0 Å². The van der Waals surface area contributed by atoms with Crippen LogP contribution in [0.3, 0.4) is 0 Å². The van der Waals surface area contributed by atoms with Crippen molar-refractivity contribution in [3.05, 3.63) is 119 Å². The zero-order valence-corrected chi connectivity index (χ0v) is 52.0. The number of pyridine rings is 1. The molecule has 6 aliphatic rings. The zero-order valence-electron chi connectivity index (χ0n) is 51.2. The highest BCUT2D eigenvalue weighted by Gasteiger charge is 2.66. The van der Waals surface area contributed by atoms with Crippen molar-refractivity contribution in [2.45, 2.75) is 116 Å². The molecule has 5 fully saturated rings. The second kappa shape index (κ2) is 26.1. The van der Waals surface area contributed by atoms with Crippen LogP contribution in [0.15, 0.2) is 96.7 Å². The van der Waals surface area contributed by atoms with E-state index in [4.69, 9.17) is 24.4 Å². The third-order valence-corrected chi connectivity index (χ3v) is 18.7. The number of likely N-dealkylation sites (N-methyl/N-ethyl adjacent to an activating group) is 1. The van der Waals surface area contributed by atoms with Crippen LogP contribution in [-0.4, -0.2) is 158 Å². The molecule has 0 radical (unpaired) electrons. The van der Waals surface area contributed by atoms with Gasteiger partial charge in [-0.15, -0.1) is 0 Å². The summed E-state index contributed by atoms with van der Waals surface area (Å²) < 4.78 is 25.2. The lowest BCUT2D eigenvalue weighted by molar-refractivity contribution is -0.243. The van der Waals surface area contributed by atoms with Crippen LogP contribution in [0.25, 0.3) is 38.1 Å². The van der Waals surface area contributed by atoms with Gasteiger partial charge in [0.25, 0.3) is 17.7 Å². The highest BCUT2D eigenvalue weighted by molar-refractivity contribution is 7.22. The minimum atomic E-state index is -1.34. The van der Waals surface area contributed by atoms with E-state index in [9.17, 15) is 53.7 Å². The number of carbonyl (C=O) groups is 8. The first kappa shape index (κ1) is 64.2. The fraction of sp³-hybridized carbons (Fsp3) is 0.409. The number of para-hydroxylation sites is 2. The molecule has 3 aromatic heterocycles. The summed E-state index contributed by atoms with van der Waals surface area (Å²) in [5, 5.41) is 52.2. The molecule has 6 amide bonds. The van der Waals surface area contributed by atoms with Gasteiger partial charge < -0.3 is 65.5 Å². The van der Waals surface area contributed by atoms with Crippen LogP contribution in [0, 0.1) is 21.7 Å². The number of ether oxygens (including phenoxy) is 4. The second-order valence-corrected chi connectivity index (χ2v) is 26.6. The largest absolute Gasteiger partial charge is 0.479 e. The van der Waals surface area contributed by atoms with E-state index in [1.807, 2.05) is 43.3 Å². The molecule has 5 heterocycles. The SMILES string of the molecule is C/C(NCC12CC3(C)CC(C)(C1)CC(OCCN(C)C(=O)OCc1ccc(O[C@H]4C[C@@H](O)C[C@@H](C(=O)O)O4)c(NC(=O)CCNC(=O)CCN4C(=O)C=CC4=O)c1)(C3)C2)=C(/C=N)c1ccc(-c2cc3cccc(C(=O)Nc4nc5ccccc5s4)c3[nH]2)nc1C(=O)O. The fourth-order valence-electron chi connectivity index (χ4n) is 14.9. The van der Waals surface area contributed by atoms with Crippen molar-refractivity contribution < 1.29 is 72.6 Å². The molecule has 4 saturated carbocycles. The Hall–Kier alpha value is -9.37. The molecule has 2 unspecified atom stereocenters. The van der Waals surface area contributed by atoms with Crippen LogP contribution in [0.1, 0.15) is 117 Å². The number of amides is 6. The van der Waals surface area contributed by atoms with Gasteiger partial charge in [-0.3, -0.25) is 34.2 Å². The Labute approximate surface area is 532 Å². The number of anilines is 2. The van der Waals surface area contributed by atoms with E-state index in [1.54, 1.807) is 37.4 Å². The lowest BCUT2D eigenvalue weighted by atomic mass is 9.39. The topological polar surface area (TPSA) is 354 Å². The van der Waals surface area contributed by atoms with Crippen molar-refractivity contribution in [1.29, 1.82) is 5.41 Å². The van der Waals surface area contributed by atoms with Crippen molar-refractivity contribution in [1.82, 2.24) is 35.4 Å². The predicted molar refractivity (Wildman–Crippen MR) is 339 cm³/mol. The molecule has 4 aliphatic carbocycles. The molecule has 4 bridgehead atoms. The Morgan fingerprint density at radius 1 is 0.859 bits per heavy atom. The summed E-state index contributed by atoms with van der Waals surface area (Å²) in [4.78, 5) is 116. The third-order valence-electron chi connectivity index (χ3n) is 17.8. The standard InChI is InChI=1S/C66H72N10O15S/c1-37(43(28-67)41-13-14-44(71-57(41)60(85)86)46-25-39-8-7-9-42(56(39)72-46)58(82)74-61-73-45-10-5-6-11-50(45)92-61)69-36-65-31-63(2)30-64(3,32-65)34-66(33-63,35-65)89-23-22-75(4)62(87)88-29-38-12-15-48(90-55-27-40(77)26-49(91-55)59(83)84)47(24-38)70-52(79)18-20-68-51(78)19-21-76-53(80)16-17-54(76)81/h5-17,24-25,28,40,49,55,67,69,72,77H,18-23,26-27,29-36H2,1-4H3,(H,68,78)(H,70,79)(H,83,84)(H,85,86)(H,73,74,82)/b43-37+,67-28?/t40-,49-,55+,63?,64?,65?,66?/m0/s1. The van der Waals surface area contributed by atoms with E-state index in [1.165, 1.54) is 28.4 Å². The number of hydrogen-bond acceptors (Lipinski definition) is 18. The predicted octanol–water partition coefficient (Wildman–Crippen LogP) is 8.25. The molecule has 5 atom stereocenters. The number of thiazole rings is 1. The number of benzene rings is 3. The van der Waals surface area contributed by atoms with Gasteiger partial charge in [-0.2, -0.15) is 0 Å². The molecule has 6 aromatic rings. The lowest BCUT2D eigenvalue weighted by Crippen LogP contribution is -2.65. The number of carbonyl (C=O) groups excluding carboxylic acids is 6. The first-order valence-electron chi connectivity index (χ1n) is 30.4. The average molecular weight is 1280 g/mol. The molecule has 26 heteroatoms. The molecule has 0 spiro atoms. The van der Waals surface area contributed by atoms with Crippen molar-refractivity contribution in [3.63, 3.8) is 0 Å². The maximum Gasteiger partial charge on any atom is 0.409 e. The van der Waals surface area contributed by atoms with Gasteiger partial charge in [0.15, 0.2) is 16.9 Å². The van der Waals surface area contributed by atoms with Gasteiger partial charge in [0.2, 0.25) is 18.1 Å². The van der Waals surface area contributed by atoms with E-state index >= 15 is 0 Å². The maximum absolute atomic E-state index is 13.6. The van der Waals surface area contributed by atoms with Crippen molar-refractivity contribution in [2.24, 2.45) is 16.2 Å². The lowest BCUT2D eigenvalue weighted by Gasteiger charge is -2.69. The van der Waals surface area contributed by atoms with Gasteiger partial charge in [-0.05, 0) is 116 Å². The monoisotopic (exact) mass is 1280 g/mol. The number of aliphatic hydroxyl groups is 1. The van der Waals surface area contributed by atoms with Gasteiger partial charge in [-0.1, -0.05) is 55.5 Å². The number of aromatic amines is 1. The number of aromatic nitrogens is 3. The number of rotatable bonds is 25. The average Bonchev–Trinajstić information content (AvgIpc) is 0.853. The Balaban J connectivity index is 0.711. The number of aromatic carboxylic acids is 1. The third kappa shape index (κ3) is 14.2. The zero-order chi connectivity index (χ0) is 65.3. The number of allylic oxidation sites excluding steroid dienone is 2. The van der Waals surface area contributed by atoms with Crippen LogP contribution in [-0.2, 0) is 44.8 Å². The van der Waals surface area contributed by atoms with Crippen LogP contribution >= 0.6 is 11.3 Å². The number of imide groups is 1. The number of aliphatic hydroxyl groups excluding tert-OH is 1. The number of fused-ring (bicyclic) bond motifs is 2. The molecule has 3 aromatic carbocycles. The molecule has 9 N–H and O–H groups in total. The van der Waals surface area contributed by atoms with E-state index in [-0.39, 0.29) is 103 Å². The summed E-state index contributed by atoms with van der Waals surface area (Å²) in [5.74, 6) is -4.93. The van der Waals surface area contributed by atoms with E-state index in [2.05, 4.69) is 50.1 Å². The number of carboxylic acids is 2. The summed E-state index contributed by atoms with van der Waals surface area (Å²) in [7, 11) is 1.60. The molecular weight excluding hydrogens is 1200 g/mol. The minimum Gasteiger partial charge on any atom is -0.479 e. The number of aliphatic carboxylic acids is 1. The molecule has 482 valence electrons. The number of hydrogen-bond donors (Lipinski definition) is 9. The number of carboxylic acid groups (broad SMARTS) is 2. The highest BCUT2D eigenvalue weighted by Crippen LogP contribution is 2.71. The van der Waals surface area contributed by atoms with E-state index < -0.39 is 65.8 Å². The maximum atomic E-state index is 13.6. The van der Waals surface area contributed by atoms with Crippen molar-refractivity contribution in [3.8, 4) is 17.1 Å². The Kier molecular flexibility index (Phi) is 18.2. The van der Waals surface area contributed by atoms with Crippen LogP contribution in [0.5, 0.6) is 5.75 Å². The minimum absolute atomic E-state index is 0.0451. The van der Waals surface area contributed by atoms with Gasteiger partial charge in [-0.25, -0.2) is 24.4 Å². The second-order valence-electron chi connectivity index (χ2n) is 25.5. The summed E-state index contributed by atoms with van der Waals surface area (Å²) >= 11 is 1.37. The quantitative estimate of drug-likeness (QED) is 0.0192. The Morgan fingerprint density at radius 2 is 1.62 bits per heavy atom. The highest BCUT2D eigenvalue weighted by atomic mass is 32.1. The van der Waals surface area contributed by atoms with Gasteiger partial charge in [0.1, 0.15) is 12.4 Å². The van der Waals surface area contributed by atoms with Crippen molar-refractivity contribution >= 4 is 103 Å². The van der Waals surface area contributed by atoms with Crippen LogP contribution < -0.4 is 26.0 Å². The molecular formula is C66H72N10O15S. The summed E-state index contributed by atoms with van der Waals surface area (Å²) in [5.41, 5.74) is 3.32.